The Morgan fingerprint density at radius 2 is 2.17 bits per heavy atom. The Balaban J connectivity index is 2.04. The first-order valence-electron chi connectivity index (χ1n) is 6.05. The van der Waals surface area contributed by atoms with Crippen molar-refractivity contribution in [2.45, 2.75) is 19.8 Å². The Labute approximate surface area is 115 Å². The number of hydrogen-bond acceptors (Lipinski definition) is 2. The molecule has 4 heteroatoms. The minimum absolute atomic E-state index is 0.140. The fraction of sp³-hybridized carbons (Fsp3) is 0.357. The number of furan rings is 1. The van der Waals surface area contributed by atoms with Crippen LogP contribution in [0.15, 0.2) is 28.7 Å². The van der Waals surface area contributed by atoms with E-state index >= 15 is 0 Å². The van der Waals surface area contributed by atoms with E-state index in [4.69, 9.17) is 4.42 Å². The van der Waals surface area contributed by atoms with Crippen molar-refractivity contribution in [1.82, 2.24) is 5.32 Å². The number of unbranched alkanes of at least 4 members (excludes halogenated alkanes) is 1. The van der Waals surface area contributed by atoms with Crippen molar-refractivity contribution in [1.29, 1.82) is 0 Å². The molecule has 1 amide bonds. The maximum absolute atomic E-state index is 11.8. The van der Waals surface area contributed by atoms with E-state index in [9.17, 15) is 4.79 Å². The minimum Gasteiger partial charge on any atom is -0.451 e. The van der Waals surface area contributed by atoms with Gasteiger partial charge in [0.15, 0.2) is 5.76 Å². The lowest BCUT2D eigenvalue weighted by molar-refractivity contribution is 0.0927. The third-order valence-electron chi connectivity index (χ3n) is 2.74. The molecule has 0 saturated carbocycles. The van der Waals surface area contributed by atoms with Crippen LogP contribution in [0, 0.1) is 6.92 Å². The monoisotopic (exact) mass is 309 g/mol. The summed E-state index contributed by atoms with van der Waals surface area (Å²) in [5.41, 5.74) is 1.92. The Morgan fingerprint density at radius 1 is 1.33 bits per heavy atom. The predicted octanol–water partition coefficient (Wildman–Crippen LogP) is 3.65. The van der Waals surface area contributed by atoms with Gasteiger partial charge in [-0.25, -0.2) is 0 Å². The van der Waals surface area contributed by atoms with Gasteiger partial charge in [0.05, 0.1) is 0 Å². The number of benzene rings is 1. The molecular weight excluding hydrogens is 294 g/mol. The summed E-state index contributed by atoms with van der Waals surface area (Å²) in [6.07, 6.45) is 2.02. The van der Waals surface area contributed by atoms with Gasteiger partial charge in [-0.1, -0.05) is 27.6 Å². The fourth-order valence-electron chi connectivity index (χ4n) is 1.78. The van der Waals surface area contributed by atoms with Crippen LogP contribution < -0.4 is 5.32 Å². The average molecular weight is 310 g/mol. The van der Waals surface area contributed by atoms with Gasteiger partial charge in [0.2, 0.25) is 0 Å². The molecule has 0 saturated heterocycles. The van der Waals surface area contributed by atoms with E-state index in [1.54, 1.807) is 6.07 Å². The lowest BCUT2D eigenvalue weighted by Crippen LogP contribution is -2.23. The first-order chi connectivity index (χ1) is 8.70. The quantitative estimate of drug-likeness (QED) is 0.676. The Hall–Kier alpha value is -1.29. The number of amides is 1. The van der Waals surface area contributed by atoms with Crippen LogP contribution in [0.5, 0.6) is 0 Å². The molecule has 96 valence electrons. The molecule has 2 aromatic rings. The number of carbonyl (C=O) groups excluding carboxylic acids is 1. The van der Waals surface area contributed by atoms with E-state index in [0.717, 1.165) is 34.7 Å². The fourth-order valence-corrected chi connectivity index (χ4v) is 2.18. The van der Waals surface area contributed by atoms with Crippen LogP contribution in [0.2, 0.25) is 0 Å². The molecule has 1 N–H and O–H groups in total. The third kappa shape index (κ3) is 3.13. The SMILES string of the molecule is Cc1ccc2oc(C(=O)NCCCCBr)cc2c1. The van der Waals surface area contributed by atoms with E-state index < -0.39 is 0 Å². The number of fused-ring (bicyclic) bond motifs is 1. The number of nitrogens with one attached hydrogen (secondary N) is 1. The van der Waals surface area contributed by atoms with Gasteiger partial charge < -0.3 is 9.73 Å². The Bertz CT molecular complexity index is 548. The molecule has 0 fully saturated rings. The largest absolute Gasteiger partial charge is 0.451 e. The molecule has 0 aliphatic rings. The molecule has 0 spiro atoms. The second-order valence-electron chi connectivity index (χ2n) is 4.30. The number of rotatable bonds is 5. The van der Waals surface area contributed by atoms with E-state index in [1.807, 2.05) is 25.1 Å². The average Bonchev–Trinajstić information content (AvgIpc) is 2.77. The van der Waals surface area contributed by atoms with Crippen molar-refractivity contribution in [3.63, 3.8) is 0 Å². The molecular formula is C14H16BrNO2. The lowest BCUT2D eigenvalue weighted by Gasteiger charge is -2.00. The molecule has 0 atom stereocenters. The zero-order valence-electron chi connectivity index (χ0n) is 10.3. The lowest BCUT2D eigenvalue weighted by atomic mass is 10.2. The standard InChI is InChI=1S/C14H16BrNO2/c1-10-4-5-12-11(8-10)9-13(18-12)14(17)16-7-3-2-6-15/h4-5,8-9H,2-3,6-7H2,1H3,(H,16,17). The summed E-state index contributed by atoms with van der Waals surface area (Å²) in [6, 6.07) is 7.68. The highest BCUT2D eigenvalue weighted by Crippen LogP contribution is 2.20. The highest BCUT2D eigenvalue weighted by Gasteiger charge is 2.11. The van der Waals surface area contributed by atoms with Crippen LogP contribution >= 0.6 is 15.9 Å². The van der Waals surface area contributed by atoms with Crippen LogP contribution in [0.4, 0.5) is 0 Å². The van der Waals surface area contributed by atoms with Crippen LogP contribution in [-0.4, -0.2) is 17.8 Å². The number of carbonyl (C=O) groups is 1. The van der Waals surface area contributed by atoms with Crippen molar-refractivity contribution in [3.05, 3.63) is 35.6 Å². The zero-order valence-corrected chi connectivity index (χ0v) is 11.9. The molecule has 0 bridgehead atoms. The summed E-state index contributed by atoms with van der Waals surface area (Å²) in [7, 11) is 0. The van der Waals surface area contributed by atoms with Crippen molar-refractivity contribution < 1.29 is 9.21 Å². The molecule has 2 rings (SSSR count). The minimum atomic E-state index is -0.140. The van der Waals surface area contributed by atoms with Crippen LogP contribution in [0.25, 0.3) is 11.0 Å². The second-order valence-corrected chi connectivity index (χ2v) is 5.10. The summed E-state index contributed by atoms with van der Waals surface area (Å²) >= 11 is 3.36. The Morgan fingerprint density at radius 3 is 2.94 bits per heavy atom. The molecule has 0 aliphatic heterocycles. The number of hydrogen-bond donors (Lipinski definition) is 1. The summed E-state index contributed by atoms with van der Waals surface area (Å²) < 4.78 is 5.52. The molecule has 0 radical (unpaired) electrons. The molecule has 0 aliphatic carbocycles. The normalized spacial score (nSPS) is 10.8. The van der Waals surface area contributed by atoms with Gasteiger partial charge in [0.25, 0.3) is 5.91 Å². The van der Waals surface area contributed by atoms with Gasteiger partial charge in [-0.2, -0.15) is 0 Å². The van der Waals surface area contributed by atoms with Crippen molar-refractivity contribution in [3.8, 4) is 0 Å². The maximum atomic E-state index is 11.8. The molecule has 0 unspecified atom stereocenters. The van der Waals surface area contributed by atoms with Gasteiger partial charge in [-0.05, 0) is 38.0 Å². The van der Waals surface area contributed by atoms with Crippen molar-refractivity contribution >= 4 is 32.8 Å². The highest BCUT2D eigenvalue weighted by atomic mass is 79.9. The molecule has 1 aromatic carbocycles. The maximum Gasteiger partial charge on any atom is 0.287 e. The van der Waals surface area contributed by atoms with Crippen molar-refractivity contribution in [2.24, 2.45) is 0 Å². The molecule has 1 aromatic heterocycles. The second kappa shape index (κ2) is 6.05. The van der Waals surface area contributed by atoms with Crippen LogP contribution in [0.1, 0.15) is 29.0 Å². The zero-order chi connectivity index (χ0) is 13.0. The first kappa shape index (κ1) is 13.1. The number of alkyl halides is 1. The first-order valence-corrected chi connectivity index (χ1v) is 7.17. The van der Waals surface area contributed by atoms with E-state index in [-0.39, 0.29) is 5.91 Å². The topological polar surface area (TPSA) is 42.2 Å². The van der Waals surface area contributed by atoms with E-state index in [1.165, 1.54) is 0 Å². The summed E-state index contributed by atoms with van der Waals surface area (Å²) in [4.78, 5) is 11.8. The molecule has 18 heavy (non-hydrogen) atoms. The number of aryl methyl sites for hydroxylation is 1. The van der Waals surface area contributed by atoms with E-state index in [2.05, 4.69) is 21.2 Å². The van der Waals surface area contributed by atoms with Gasteiger partial charge in [-0.15, -0.1) is 0 Å². The van der Waals surface area contributed by atoms with Gasteiger partial charge in [0.1, 0.15) is 5.58 Å². The summed E-state index contributed by atoms with van der Waals surface area (Å²) in [5, 5.41) is 4.79. The molecule has 1 heterocycles. The van der Waals surface area contributed by atoms with Gasteiger partial charge in [-0.3, -0.25) is 4.79 Å². The highest BCUT2D eigenvalue weighted by molar-refractivity contribution is 9.09. The smallest absolute Gasteiger partial charge is 0.287 e. The summed E-state index contributed by atoms with van der Waals surface area (Å²) in [5.74, 6) is 0.243. The predicted molar refractivity (Wildman–Crippen MR) is 76.3 cm³/mol. The van der Waals surface area contributed by atoms with Gasteiger partial charge in [0, 0.05) is 17.3 Å². The summed E-state index contributed by atoms with van der Waals surface area (Å²) in [6.45, 7) is 2.70. The van der Waals surface area contributed by atoms with Crippen molar-refractivity contribution in [2.75, 3.05) is 11.9 Å². The number of halogens is 1. The third-order valence-corrected chi connectivity index (χ3v) is 3.30. The molecule has 3 nitrogen and oxygen atoms in total. The van der Waals surface area contributed by atoms with E-state index in [0.29, 0.717) is 12.3 Å². The van der Waals surface area contributed by atoms with Crippen LogP contribution in [-0.2, 0) is 0 Å². The van der Waals surface area contributed by atoms with Gasteiger partial charge >= 0.3 is 0 Å². The Kier molecular flexibility index (Phi) is 4.42. The van der Waals surface area contributed by atoms with Crippen LogP contribution in [0.3, 0.4) is 0 Å².